The predicted octanol–water partition coefficient (Wildman–Crippen LogP) is 3.02. The lowest BCUT2D eigenvalue weighted by atomic mass is 9.85. The van der Waals surface area contributed by atoms with E-state index in [-0.39, 0.29) is 12.0 Å². The van der Waals surface area contributed by atoms with Crippen LogP contribution in [0.25, 0.3) is 10.8 Å². The van der Waals surface area contributed by atoms with Crippen LogP contribution in [0.5, 0.6) is 0 Å². The van der Waals surface area contributed by atoms with E-state index in [1.54, 1.807) is 0 Å². The van der Waals surface area contributed by atoms with Gasteiger partial charge >= 0.3 is 0 Å². The highest BCUT2D eigenvalue weighted by Crippen LogP contribution is 2.29. The average Bonchev–Trinajstić information content (AvgIpc) is 2.26. The van der Waals surface area contributed by atoms with Gasteiger partial charge in [0.1, 0.15) is 0 Å². The minimum absolute atomic E-state index is 0.0791. The summed E-state index contributed by atoms with van der Waals surface area (Å²) in [5.74, 6) is 0. The van der Waals surface area contributed by atoms with Crippen LogP contribution in [0.15, 0.2) is 30.6 Å². The molecule has 2 rings (SSSR count). The molecule has 0 spiro atoms. The first kappa shape index (κ1) is 11.1. The summed E-state index contributed by atoms with van der Waals surface area (Å²) in [6, 6.07) is 6.04. The number of hydrogen-bond donors (Lipinski definition) is 1. The standard InChI is InChI=1S/C14H17NO/c1-14(2,3)13-8-15-7-11-6-10(9-16)4-5-12(11)13/h4-8,16H,9H2,1-3H3. The first-order valence-corrected chi connectivity index (χ1v) is 5.50. The van der Waals surface area contributed by atoms with E-state index in [0.29, 0.717) is 0 Å². The van der Waals surface area contributed by atoms with Gasteiger partial charge in [0.15, 0.2) is 0 Å². The van der Waals surface area contributed by atoms with Crippen LogP contribution in [0, 0.1) is 0 Å². The zero-order valence-corrected chi connectivity index (χ0v) is 9.99. The molecule has 0 fully saturated rings. The first-order chi connectivity index (χ1) is 7.52. The summed E-state index contributed by atoms with van der Waals surface area (Å²) in [4.78, 5) is 4.27. The van der Waals surface area contributed by atoms with Crippen molar-refractivity contribution in [3.05, 3.63) is 41.7 Å². The van der Waals surface area contributed by atoms with Gasteiger partial charge in [-0.05, 0) is 28.0 Å². The number of aliphatic hydroxyl groups is 1. The largest absolute Gasteiger partial charge is 0.392 e. The molecular weight excluding hydrogens is 198 g/mol. The molecule has 0 bridgehead atoms. The molecule has 1 aromatic heterocycles. The molecule has 0 aliphatic heterocycles. The highest BCUT2D eigenvalue weighted by atomic mass is 16.3. The first-order valence-electron chi connectivity index (χ1n) is 5.50. The normalized spacial score (nSPS) is 12.0. The number of nitrogens with zero attached hydrogens (tertiary/aromatic N) is 1. The molecule has 2 heteroatoms. The zero-order chi connectivity index (χ0) is 11.8. The molecule has 0 aliphatic carbocycles. The molecule has 2 aromatic rings. The fraction of sp³-hybridized carbons (Fsp3) is 0.357. The van der Waals surface area contributed by atoms with E-state index in [1.807, 2.05) is 24.5 Å². The van der Waals surface area contributed by atoms with Crippen LogP contribution in [0.1, 0.15) is 31.9 Å². The smallest absolute Gasteiger partial charge is 0.0682 e. The van der Waals surface area contributed by atoms with Crippen molar-refractivity contribution in [2.45, 2.75) is 32.8 Å². The Morgan fingerprint density at radius 2 is 1.94 bits per heavy atom. The summed E-state index contributed by atoms with van der Waals surface area (Å²) in [5, 5.41) is 11.4. The molecule has 2 nitrogen and oxygen atoms in total. The molecule has 1 N–H and O–H groups in total. The van der Waals surface area contributed by atoms with Crippen LogP contribution in [-0.4, -0.2) is 10.1 Å². The van der Waals surface area contributed by atoms with Crippen LogP contribution in [0.2, 0.25) is 0 Å². The van der Waals surface area contributed by atoms with Crippen molar-refractivity contribution in [1.29, 1.82) is 0 Å². The van der Waals surface area contributed by atoms with Crippen LogP contribution in [-0.2, 0) is 12.0 Å². The zero-order valence-electron chi connectivity index (χ0n) is 9.99. The van der Waals surface area contributed by atoms with Crippen LogP contribution >= 0.6 is 0 Å². The summed E-state index contributed by atoms with van der Waals surface area (Å²) in [6.45, 7) is 6.63. The average molecular weight is 215 g/mol. The maximum absolute atomic E-state index is 9.11. The fourth-order valence-corrected chi connectivity index (χ4v) is 1.92. The van der Waals surface area contributed by atoms with Crippen molar-refractivity contribution in [3.8, 4) is 0 Å². The Labute approximate surface area is 96.0 Å². The van der Waals surface area contributed by atoms with Crippen molar-refractivity contribution in [2.75, 3.05) is 0 Å². The van der Waals surface area contributed by atoms with Crippen LogP contribution in [0.4, 0.5) is 0 Å². The van der Waals surface area contributed by atoms with Gasteiger partial charge in [-0.1, -0.05) is 32.9 Å². The van der Waals surface area contributed by atoms with Crippen LogP contribution in [0.3, 0.4) is 0 Å². The van der Waals surface area contributed by atoms with E-state index in [1.165, 1.54) is 10.9 Å². The predicted molar refractivity (Wildman–Crippen MR) is 66.4 cm³/mol. The molecular formula is C14H17NO. The minimum Gasteiger partial charge on any atom is -0.392 e. The molecule has 0 amide bonds. The third kappa shape index (κ3) is 1.93. The van der Waals surface area contributed by atoms with Gasteiger partial charge in [0.05, 0.1) is 6.61 Å². The number of aliphatic hydroxyl groups excluding tert-OH is 1. The number of aromatic nitrogens is 1. The molecule has 0 unspecified atom stereocenters. The summed E-state index contributed by atoms with van der Waals surface area (Å²) in [6.07, 6.45) is 3.78. The van der Waals surface area contributed by atoms with Crippen LogP contribution < -0.4 is 0 Å². The van der Waals surface area contributed by atoms with E-state index in [4.69, 9.17) is 5.11 Å². The van der Waals surface area contributed by atoms with Gasteiger partial charge in [0.25, 0.3) is 0 Å². The molecule has 0 saturated heterocycles. The number of fused-ring (bicyclic) bond motifs is 1. The molecule has 0 saturated carbocycles. The molecule has 0 atom stereocenters. The van der Waals surface area contributed by atoms with E-state index in [0.717, 1.165) is 10.9 Å². The Bertz CT molecular complexity index is 512. The van der Waals surface area contributed by atoms with Crippen molar-refractivity contribution in [2.24, 2.45) is 0 Å². The van der Waals surface area contributed by atoms with Crippen molar-refractivity contribution < 1.29 is 5.11 Å². The maximum Gasteiger partial charge on any atom is 0.0682 e. The Balaban J connectivity index is 2.70. The summed E-state index contributed by atoms with van der Waals surface area (Å²) in [7, 11) is 0. The van der Waals surface area contributed by atoms with Crippen molar-refractivity contribution >= 4 is 10.8 Å². The molecule has 84 valence electrons. The van der Waals surface area contributed by atoms with Crippen molar-refractivity contribution in [1.82, 2.24) is 4.98 Å². The molecule has 0 aliphatic rings. The minimum atomic E-state index is 0.0791. The summed E-state index contributed by atoms with van der Waals surface area (Å²) in [5.41, 5.74) is 2.27. The molecule has 1 aromatic carbocycles. The van der Waals surface area contributed by atoms with Gasteiger partial charge in [-0.3, -0.25) is 4.98 Å². The van der Waals surface area contributed by atoms with Crippen molar-refractivity contribution in [3.63, 3.8) is 0 Å². The summed E-state index contributed by atoms with van der Waals surface area (Å²) >= 11 is 0. The Morgan fingerprint density at radius 3 is 2.56 bits per heavy atom. The third-order valence-electron chi connectivity index (χ3n) is 2.81. The number of hydrogen-bond acceptors (Lipinski definition) is 2. The Kier molecular flexibility index (Phi) is 2.68. The Hall–Kier alpha value is -1.41. The molecule has 16 heavy (non-hydrogen) atoms. The second-order valence-corrected chi connectivity index (χ2v) is 5.15. The molecule has 0 radical (unpaired) electrons. The third-order valence-corrected chi connectivity index (χ3v) is 2.81. The van der Waals surface area contributed by atoms with Gasteiger partial charge in [0, 0.05) is 17.8 Å². The van der Waals surface area contributed by atoms with E-state index in [9.17, 15) is 0 Å². The van der Waals surface area contributed by atoms with Gasteiger partial charge < -0.3 is 5.11 Å². The lowest BCUT2D eigenvalue weighted by Crippen LogP contribution is -2.12. The van der Waals surface area contributed by atoms with E-state index in [2.05, 4.69) is 31.8 Å². The molecule has 1 heterocycles. The SMILES string of the molecule is CC(C)(C)c1cncc2cc(CO)ccc12. The quantitative estimate of drug-likeness (QED) is 0.793. The summed E-state index contributed by atoms with van der Waals surface area (Å²) < 4.78 is 0. The van der Waals surface area contributed by atoms with E-state index >= 15 is 0 Å². The lowest BCUT2D eigenvalue weighted by Gasteiger charge is -2.20. The second-order valence-electron chi connectivity index (χ2n) is 5.15. The number of pyridine rings is 1. The van der Waals surface area contributed by atoms with Gasteiger partial charge in [-0.25, -0.2) is 0 Å². The maximum atomic E-state index is 9.11. The van der Waals surface area contributed by atoms with Gasteiger partial charge in [-0.2, -0.15) is 0 Å². The Morgan fingerprint density at radius 1 is 1.19 bits per heavy atom. The van der Waals surface area contributed by atoms with Gasteiger partial charge in [0.2, 0.25) is 0 Å². The number of benzene rings is 1. The van der Waals surface area contributed by atoms with E-state index < -0.39 is 0 Å². The van der Waals surface area contributed by atoms with Gasteiger partial charge in [-0.15, -0.1) is 0 Å². The fourth-order valence-electron chi connectivity index (χ4n) is 1.92. The second kappa shape index (κ2) is 3.87. The lowest BCUT2D eigenvalue weighted by molar-refractivity contribution is 0.282. The topological polar surface area (TPSA) is 33.1 Å². The monoisotopic (exact) mass is 215 g/mol. The highest BCUT2D eigenvalue weighted by molar-refractivity contribution is 5.86. The highest BCUT2D eigenvalue weighted by Gasteiger charge is 2.16. The number of rotatable bonds is 1.